The summed E-state index contributed by atoms with van der Waals surface area (Å²) in [4.78, 5) is 19.7. The summed E-state index contributed by atoms with van der Waals surface area (Å²) in [5, 5.41) is 4.09. The van der Waals surface area contributed by atoms with E-state index in [2.05, 4.69) is 15.2 Å². The summed E-state index contributed by atoms with van der Waals surface area (Å²) in [7, 11) is 1.74. The first-order valence-electron chi connectivity index (χ1n) is 8.38. The number of hydrogen-bond acceptors (Lipinski definition) is 3. The number of furan rings is 1. The van der Waals surface area contributed by atoms with Crippen molar-refractivity contribution in [1.29, 1.82) is 0 Å². The Morgan fingerprint density at radius 1 is 1.28 bits per heavy atom. The number of rotatable bonds is 2. The molecule has 0 unspecified atom stereocenters. The molecule has 1 aromatic carbocycles. The summed E-state index contributed by atoms with van der Waals surface area (Å²) in [6.07, 6.45) is 0. The standard InChI is InChI=1S/C18H23FN4O2/c1-12-15-10-14(19)4-5-16(15)25-17(12)11-21-18(20-3)23-8-6-22(7-9-23)13(2)24/h4-5,10H,6-9,11H2,1-3H3,(H,20,21). The average molecular weight is 346 g/mol. The number of halogens is 1. The zero-order valence-corrected chi connectivity index (χ0v) is 14.8. The van der Waals surface area contributed by atoms with Gasteiger partial charge in [-0.25, -0.2) is 4.39 Å². The highest BCUT2D eigenvalue weighted by molar-refractivity contribution is 5.83. The van der Waals surface area contributed by atoms with E-state index in [1.807, 2.05) is 11.8 Å². The molecule has 0 bridgehead atoms. The minimum absolute atomic E-state index is 0.104. The van der Waals surface area contributed by atoms with Gasteiger partial charge < -0.3 is 19.5 Å². The second kappa shape index (κ2) is 7.13. The first-order valence-corrected chi connectivity index (χ1v) is 8.38. The molecule has 2 heterocycles. The van der Waals surface area contributed by atoms with E-state index in [0.29, 0.717) is 25.2 Å². The highest BCUT2D eigenvalue weighted by Gasteiger charge is 2.21. The van der Waals surface area contributed by atoms with Gasteiger partial charge >= 0.3 is 0 Å². The van der Waals surface area contributed by atoms with Gasteiger partial charge in [-0.15, -0.1) is 0 Å². The molecule has 0 saturated carbocycles. The van der Waals surface area contributed by atoms with Crippen LogP contribution < -0.4 is 5.32 Å². The summed E-state index contributed by atoms with van der Waals surface area (Å²) in [5.41, 5.74) is 1.61. The third kappa shape index (κ3) is 3.60. The second-order valence-electron chi connectivity index (χ2n) is 6.18. The van der Waals surface area contributed by atoms with Gasteiger partial charge in [0.15, 0.2) is 5.96 Å². The molecule has 1 N–H and O–H groups in total. The molecule has 1 aromatic heterocycles. The molecule has 3 rings (SSSR count). The van der Waals surface area contributed by atoms with Crippen LogP contribution in [0.25, 0.3) is 11.0 Å². The predicted molar refractivity (Wildman–Crippen MR) is 94.9 cm³/mol. The quantitative estimate of drug-likeness (QED) is 0.668. The van der Waals surface area contributed by atoms with E-state index in [1.54, 1.807) is 20.0 Å². The number of aryl methyl sites for hydroxylation is 1. The fourth-order valence-corrected chi connectivity index (χ4v) is 3.14. The number of guanidine groups is 1. The second-order valence-corrected chi connectivity index (χ2v) is 6.18. The van der Waals surface area contributed by atoms with Crippen LogP contribution in [0.15, 0.2) is 27.6 Å². The number of amides is 1. The van der Waals surface area contributed by atoms with Gasteiger partial charge in [0.1, 0.15) is 17.2 Å². The smallest absolute Gasteiger partial charge is 0.219 e. The molecule has 6 nitrogen and oxygen atoms in total. The number of fused-ring (bicyclic) bond motifs is 1. The van der Waals surface area contributed by atoms with Crippen molar-refractivity contribution in [2.45, 2.75) is 20.4 Å². The lowest BCUT2D eigenvalue weighted by molar-refractivity contribution is -0.130. The van der Waals surface area contributed by atoms with Crippen LogP contribution >= 0.6 is 0 Å². The third-order valence-electron chi connectivity index (χ3n) is 4.64. The lowest BCUT2D eigenvalue weighted by atomic mass is 10.1. The minimum atomic E-state index is -0.268. The third-order valence-corrected chi connectivity index (χ3v) is 4.64. The van der Waals surface area contributed by atoms with Gasteiger partial charge in [-0.3, -0.25) is 9.79 Å². The molecule has 0 atom stereocenters. The van der Waals surface area contributed by atoms with Crippen molar-refractivity contribution < 1.29 is 13.6 Å². The highest BCUT2D eigenvalue weighted by Crippen LogP contribution is 2.25. The fourth-order valence-electron chi connectivity index (χ4n) is 3.14. The summed E-state index contributed by atoms with van der Waals surface area (Å²) in [6, 6.07) is 4.54. The van der Waals surface area contributed by atoms with Crippen molar-refractivity contribution in [3.63, 3.8) is 0 Å². The minimum Gasteiger partial charge on any atom is -0.459 e. The van der Waals surface area contributed by atoms with Crippen LogP contribution in [-0.2, 0) is 11.3 Å². The predicted octanol–water partition coefficient (Wildman–Crippen LogP) is 2.12. The molecule has 1 fully saturated rings. The number of carbonyl (C=O) groups excluding carboxylic acids is 1. The van der Waals surface area contributed by atoms with Crippen LogP contribution in [0.3, 0.4) is 0 Å². The maximum atomic E-state index is 13.4. The molecule has 0 aliphatic carbocycles. The van der Waals surface area contributed by atoms with Crippen LogP contribution in [0.4, 0.5) is 4.39 Å². The lowest BCUT2D eigenvalue weighted by Crippen LogP contribution is -2.53. The monoisotopic (exact) mass is 346 g/mol. The molecule has 0 radical (unpaired) electrons. The van der Waals surface area contributed by atoms with Crippen LogP contribution in [0.1, 0.15) is 18.2 Å². The Bertz CT molecular complexity index is 807. The van der Waals surface area contributed by atoms with Crippen molar-refractivity contribution >= 4 is 22.8 Å². The number of hydrogen-bond donors (Lipinski definition) is 1. The number of benzene rings is 1. The van der Waals surface area contributed by atoms with Crippen molar-refractivity contribution in [2.75, 3.05) is 33.2 Å². The molecule has 1 aliphatic heterocycles. The van der Waals surface area contributed by atoms with Crippen molar-refractivity contribution in [3.05, 3.63) is 35.3 Å². The summed E-state index contributed by atoms with van der Waals surface area (Å²) in [5.74, 6) is 1.38. The Hall–Kier alpha value is -2.57. The average Bonchev–Trinajstić information content (AvgIpc) is 2.92. The maximum absolute atomic E-state index is 13.4. The number of aliphatic imine (C=N–C) groups is 1. The molecular formula is C18H23FN4O2. The van der Waals surface area contributed by atoms with Gasteiger partial charge in [-0.05, 0) is 25.1 Å². The largest absolute Gasteiger partial charge is 0.459 e. The van der Waals surface area contributed by atoms with E-state index in [0.717, 1.165) is 35.8 Å². The van der Waals surface area contributed by atoms with E-state index >= 15 is 0 Å². The Morgan fingerprint density at radius 2 is 1.96 bits per heavy atom. The number of nitrogens with one attached hydrogen (secondary N) is 1. The van der Waals surface area contributed by atoms with Gasteiger partial charge in [-0.2, -0.15) is 0 Å². The van der Waals surface area contributed by atoms with E-state index < -0.39 is 0 Å². The molecular weight excluding hydrogens is 323 g/mol. The van der Waals surface area contributed by atoms with Crippen LogP contribution in [0, 0.1) is 12.7 Å². The van der Waals surface area contributed by atoms with Crippen LogP contribution in [0.2, 0.25) is 0 Å². The molecule has 134 valence electrons. The summed E-state index contributed by atoms with van der Waals surface area (Å²) in [6.45, 7) is 6.86. The molecule has 25 heavy (non-hydrogen) atoms. The number of piperazine rings is 1. The maximum Gasteiger partial charge on any atom is 0.219 e. The van der Waals surface area contributed by atoms with Crippen LogP contribution in [0.5, 0.6) is 0 Å². The molecule has 7 heteroatoms. The first kappa shape index (κ1) is 17.3. The fraction of sp³-hybridized carbons (Fsp3) is 0.444. The zero-order valence-electron chi connectivity index (χ0n) is 14.8. The Morgan fingerprint density at radius 3 is 2.60 bits per heavy atom. The molecule has 0 spiro atoms. The van der Waals surface area contributed by atoms with E-state index in [4.69, 9.17) is 4.42 Å². The number of nitrogens with zero attached hydrogens (tertiary/aromatic N) is 3. The summed E-state index contributed by atoms with van der Waals surface area (Å²) < 4.78 is 19.2. The van der Waals surface area contributed by atoms with Gasteiger partial charge in [-0.1, -0.05) is 0 Å². The van der Waals surface area contributed by atoms with Gasteiger partial charge in [0.2, 0.25) is 5.91 Å². The van der Waals surface area contributed by atoms with E-state index in [1.165, 1.54) is 12.1 Å². The molecule has 1 aliphatic rings. The van der Waals surface area contributed by atoms with Crippen molar-refractivity contribution in [1.82, 2.24) is 15.1 Å². The van der Waals surface area contributed by atoms with Gasteiger partial charge in [0, 0.05) is 51.1 Å². The van der Waals surface area contributed by atoms with Crippen LogP contribution in [-0.4, -0.2) is 54.9 Å². The number of carbonyl (C=O) groups is 1. The topological polar surface area (TPSA) is 61.1 Å². The molecule has 1 saturated heterocycles. The van der Waals surface area contributed by atoms with Crippen molar-refractivity contribution in [3.8, 4) is 0 Å². The Labute approximate surface area is 146 Å². The molecule has 2 aromatic rings. The Balaban J connectivity index is 1.66. The van der Waals surface area contributed by atoms with E-state index in [9.17, 15) is 9.18 Å². The van der Waals surface area contributed by atoms with Gasteiger partial charge in [0.05, 0.1) is 6.54 Å². The van der Waals surface area contributed by atoms with Crippen molar-refractivity contribution in [2.24, 2.45) is 4.99 Å². The lowest BCUT2D eigenvalue weighted by Gasteiger charge is -2.36. The van der Waals surface area contributed by atoms with E-state index in [-0.39, 0.29) is 11.7 Å². The highest BCUT2D eigenvalue weighted by atomic mass is 19.1. The SMILES string of the molecule is CN=C(NCc1oc2ccc(F)cc2c1C)N1CCN(C(C)=O)CC1. The van der Waals surface area contributed by atoms with Gasteiger partial charge in [0.25, 0.3) is 0 Å². The first-order chi connectivity index (χ1) is 12.0. The normalized spacial score (nSPS) is 15.8. The zero-order chi connectivity index (χ0) is 18.0. The molecule has 1 amide bonds. The summed E-state index contributed by atoms with van der Waals surface area (Å²) >= 11 is 0. The Kier molecular flexibility index (Phi) is 4.92.